The van der Waals surface area contributed by atoms with Crippen LogP contribution in [-0.4, -0.2) is 11.1 Å². The quantitative estimate of drug-likeness (QED) is 0.819. The molecule has 0 aliphatic heterocycles. The van der Waals surface area contributed by atoms with Crippen molar-refractivity contribution in [1.29, 1.82) is 0 Å². The summed E-state index contributed by atoms with van der Waals surface area (Å²) in [5.74, 6) is 1.44. The number of hydrogen-bond donors (Lipinski definition) is 0. The molecule has 1 heterocycles. The van der Waals surface area contributed by atoms with E-state index in [1.165, 1.54) is 32.1 Å². The largest absolute Gasteiger partial charge is 0.473 e. The number of hydrogen-bond acceptors (Lipinski definition) is 2. The molecule has 94 valence electrons. The van der Waals surface area contributed by atoms with Crippen molar-refractivity contribution in [3.63, 3.8) is 0 Å². The minimum atomic E-state index is 0.347. The fraction of sp³-hybridized carbons (Fsp3) is 0.643. The Labute approximate surface area is 112 Å². The molecule has 0 N–H and O–H groups in total. The minimum Gasteiger partial charge on any atom is -0.473 e. The number of aryl methyl sites for hydroxylation is 1. The highest BCUT2D eigenvalue weighted by molar-refractivity contribution is 9.10. The van der Waals surface area contributed by atoms with E-state index in [9.17, 15) is 0 Å². The van der Waals surface area contributed by atoms with Crippen molar-refractivity contribution < 1.29 is 4.74 Å². The summed E-state index contributed by atoms with van der Waals surface area (Å²) < 4.78 is 7.06. The highest BCUT2D eigenvalue weighted by atomic mass is 79.9. The van der Waals surface area contributed by atoms with Crippen LogP contribution in [0, 0.1) is 12.8 Å². The van der Waals surface area contributed by atoms with Gasteiger partial charge in [-0.05, 0) is 66.1 Å². The molecule has 0 saturated heterocycles. The third-order valence-corrected chi connectivity index (χ3v) is 4.14. The first-order chi connectivity index (χ1) is 8.20. The van der Waals surface area contributed by atoms with Gasteiger partial charge in [-0.1, -0.05) is 13.3 Å². The Morgan fingerprint density at radius 3 is 2.88 bits per heavy atom. The Hall–Kier alpha value is -0.570. The van der Waals surface area contributed by atoms with Crippen molar-refractivity contribution in [1.82, 2.24) is 4.98 Å². The number of aromatic nitrogens is 1. The van der Waals surface area contributed by atoms with E-state index in [-0.39, 0.29) is 0 Å². The molecule has 1 fully saturated rings. The van der Waals surface area contributed by atoms with E-state index < -0.39 is 0 Å². The van der Waals surface area contributed by atoms with Crippen molar-refractivity contribution in [2.75, 3.05) is 0 Å². The van der Waals surface area contributed by atoms with E-state index in [1.54, 1.807) is 0 Å². The van der Waals surface area contributed by atoms with Crippen LogP contribution in [0.3, 0.4) is 0 Å². The van der Waals surface area contributed by atoms with Crippen LogP contribution in [0.25, 0.3) is 0 Å². The van der Waals surface area contributed by atoms with Crippen LogP contribution in [0.1, 0.15) is 44.6 Å². The maximum Gasteiger partial charge on any atom is 0.228 e. The van der Waals surface area contributed by atoms with Gasteiger partial charge in [0.2, 0.25) is 5.88 Å². The Kier molecular flexibility index (Phi) is 4.43. The zero-order valence-corrected chi connectivity index (χ0v) is 12.2. The van der Waals surface area contributed by atoms with Crippen LogP contribution >= 0.6 is 15.9 Å². The molecule has 2 unspecified atom stereocenters. The molecule has 0 spiro atoms. The van der Waals surface area contributed by atoms with Crippen molar-refractivity contribution in [2.24, 2.45) is 5.92 Å². The minimum absolute atomic E-state index is 0.347. The second-order valence-corrected chi connectivity index (χ2v) is 5.76. The second-order valence-electron chi connectivity index (χ2n) is 4.91. The van der Waals surface area contributed by atoms with Crippen LogP contribution < -0.4 is 4.74 Å². The van der Waals surface area contributed by atoms with Crippen LogP contribution in [0.4, 0.5) is 0 Å². The zero-order valence-electron chi connectivity index (χ0n) is 10.6. The summed E-state index contributed by atoms with van der Waals surface area (Å²) in [6.07, 6.45) is 8.51. The van der Waals surface area contributed by atoms with Crippen LogP contribution in [0.5, 0.6) is 5.88 Å². The summed E-state index contributed by atoms with van der Waals surface area (Å²) in [6, 6.07) is 2.06. The Morgan fingerprint density at radius 1 is 1.41 bits per heavy atom. The molecule has 0 aromatic carbocycles. The van der Waals surface area contributed by atoms with E-state index in [1.807, 2.05) is 13.1 Å². The maximum absolute atomic E-state index is 6.09. The average Bonchev–Trinajstić information content (AvgIpc) is 2.33. The SMILES string of the molecule is CCC1CCCCC1Oc1ncc(C)cc1Br. The molecule has 1 aliphatic carbocycles. The Morgan fingerprint density at radius 2 is 2.18 bits per heavy atom. The fourth-order valence-corrected chi connectivity index (χ4v) is 3.10. The van der Waals surface area contributed by atoms with Crippen molar-refractivity contribution >= 4 is 15.9 Å². The lowest BCUT2D eigenvalue weighted by molar-refractivity contribution is 0.0850. The molecule has 0 amide bonds. The lowest BCUT2D eigenvalue weighted by Crippen LogP contribution is -2.30. The van der Waals surface area contributed by atoms with E-state index in [0.717, 1.165) is 15.9 Å². The Balaban J connectivity index is 2.08. The van der Waals surface area contributed by atoms with Crippen LogP contribution in [-0.2, 0) is 0 Å². The monoisotopic (exact) mass is 297 g/mol. The third kappa shape index (κ3) is 3.21. The molecule has 1 saturated carbocycles. The molecule has 0 bridgehead atoms. The first-order valence-corrected chi connectivity index (χ1v) is 7.28. The summed E-state index contributed by atoms with van der Waals surface area (Å²) in [4.78, 5) is 4.37. The number of rotatable bonds is 3. The van der Waals surface area contributed by atoms with Gasteiger partial charge in [-0.3, -0.25) is 0 Å². The molecule has 3 heteroatoms. The van der Waals surface area contributed by atoms with Crippen LogP contribution in [0.15, 0.2) is 16.7 Å². The van der Waals surface area contributed by atoms with E-state index in [0.29, 0.717) is 12.0 Å². The summed E-state index contributed by atoms with van der Waals surface area (Å²) in [7, 11) is 0. The summed E-state index contributed by atoms with van der Waals surface area (Å²) in [6.45, 7) is 4.29. The molecule has 1 aromatic heterocycles. The normalized spacial score (nSPS) is 24.6. The molecular weight excluding hydrogens is 278 g/mol. The van der Waals surface area contributed by atoms with Gasteiger partial charge in [0.05, 0.1) is 4.47 Å². The summed E-state index contributed by atoms with van der Waals surface area (Å²) >= 11 is 3.53. The molecular formula is C14H20BrNO. The standard InChI is InChI=1S/C14H20BrNO/c1-3-11-6-4-5-7-13(11)17-14-12(15)8-10(2)9-16-14/h8-9,11,13H,3-7H2,1-2H3. The molecule has 1 aliphatic rings. The molecule has 1 aromatic rings. The lowest BCUT2D eigenvalue weighted by Gasteiger charge is -2.31. The van der Waals surface area contributed by atoms with E-state index in [2.05, 4.69) is 33.9 Å². The highest BCUT2D eigenvalue weighted by Crippen LogP contribution is 2.32. The van der Waals surface area contributed by atoms with Crippen molar-refractivity contribution in [3.8, 4) is 5.88 Å². The summed E-state index contributed by atoms with van der Waals surface area (Å²) in [5, 5.41) is 0. The molecule has 0 radical (unpaired) electrons. The Bertz CT molecular complexity index is 380. The highest BCUT2D eigenvalue weighted by Gasteiger charge is 2.26. The summed E-state index contributed by atoms with van der Waals surface area (Å²) in [5.41, 5.74) is 1.15. The van der Waals surface area contributed by atoms with Crippen molar-refractivity contribution in [2.45, 2.75) is 52.1 Å². The predicted octanol–water partition coefficient (Wildman–Crippen LogP) is 4.50. The first-order valence-electron chi connectivity index (χ1n) is 6.49. The topological polar surface area (TPSA) is 22.1 Å². The van der Waals surface area contributed by atoms with Gasteiger partial charge in [-0.25, -0.2) is 4.98 Å². The van der Waals surface area contributed by atoms with E-state index >= 15 is 0 Å². The van der Waals surface area contributed by atoms with Gasteiger partial charge in [0.1, 0.15) is 6.10 Å². The molecule has 2 nitrogen and oxygen atoms in total. The second kappa shape index (κ2) is 5.85. The van der Waals surface area contributed by atoms with Gasteiger partial charge >= 0.3 is 0 Å². The predicted molar refractivity (Wildman–Crippen MR) is 73.3 cm³/mol. The van der Waals surface area contributed by atoms with Gasteiger partial charge in [0.25, 0.3) is 0 Å². The number of pyridine rings is 1. The zero-order chi connectivity index (χ0) is 12.3. The molecule has 2 atom stereocenters. The number of nitrogens with zero attached hydrogens (tertiary/aromatic N) is 1. The molecule has 2 rings (SSSR count). The fourth-order valence-electron chi connectivity index (χ4n) is 2.55. The number of halogens is 1. The smallest absolute Gasteiger partial charge is 0.228 e. The first kappa shape index (κ1) is 12.9. The average molecular weight is 298 g/mol. The van der Waals surface area contributed by atoms with Crippen molar-refractivity contribution in [3.05, 3.63) is 22.3 Å². The molecule has 17 heavy (non-hydrogen) atoms. The lowest BCUT2D eigenvalue weighted by atomic mass is 9.85. The van der Waals surface area contributed by atoms with Gasteiger partial charge in [0.15, 0.2) is 0 Å². The van der Waals surface area contributed by atoms with Crippen LogP contribution in [0.2, 0.25) is 0 Å². The van der Waals surface area contributed by atoms with Gasteiger partial charge in [0, 0.05) is 6.20 Å². The number of ether oxygens (including phenoxy) is 1. The van der Waals surface area contributed by atoms with E-state index in [4.69, 9.17) is 4.74 Å². The third-order valence-electron chi connectivity index (χ3n) is 3.57. The van der Waals surface area contributed by atoms with Gasteiger partial charge in [-0.15, -0.1) is 0 Å². The van der Waals surface area contributed by atoms with Gasteiger partial charge < -0.3 is 4.74 Å². The maximum atomic E-state index is 6.09. The van der Waals surface area contributed by atoms with Gasteiger partial charge in [-0.2, -0.15) is 0 Å².